The number of nitrogens with zero attached hydrogens (tertiary/aromatic N) is 4. The summed E-state index contributed by atoms with van der Waals surface area (Å²) in [7, 11) is 3.08. The minimum absolute atomic E-state index is 0.119. The largest absolute Gasteiger partial charge is 0.481 e. The number of aryl methyl sites for hydroxylation is 2. The van der Waals surface area contributed by atoms with Gasteiger partial charge in [-0.25, -0.2) is 14.0 Å². The molecule has 13 heteroatoms. The van der Waals surface area contributed by atoms with Crippen molar-refractivity contribution in [2.75, 3.05) is 11.4 Å². The summed E-state index contributed by atoms with van der Waals surface area (Å²) in [5.74, 6) is -5.49. The van der Waals surface area contributed by atoms with Crippen LogP contribution in [0.4, 0.5) is 28.0 Å². The number of halogens is 4. The van der Waals surface area contributed by atoms with Crippen LogP contribution in [0.25, 0.3) is 11.0 Å². The van der Waals surface area contributed by atoms with Crippen LogP contribution in [-0.4, -0.2) is 43.6 Å². The van der Waals surface area contributed by atoms with Crippen molar-refractivity contribution in [3.63, 3.8) is 0 Å². The summed E-state index contributed by atoms with van der Waals surface area (Å²) in [6.07, 6.45) is -5.15. The van der Waals surface area contributed by atoms with Crippen LogP contribution in [-0.2, 0) is 36.3 Å². The number of imidazole rings is 1. The topological polar surface area (TPSA) is 105 Å². The number of carbonyl (C=O) groups excluding carboxylic acids is 2. The molecule has 3 amide bonds. The molecule has 2 atom stereocenters. The molecule has 0 saturated carbocycles. The molecular formula is C24H20F4N4O5. The zero-order valence-corrected chi connectivity index (χ0v) is 19.5. The van der Waals surface area contributed by atoms with Gasteiger partial charge in [-0.1, -0.05) is 0 Å². The first-order valence-corrected chi connectivity index (χ1v) is 11.2. The Hall–Kier alpha value is -4.16. The van der Waals surface area contributed by atoms with E-state index in [4.69, 9.17) is 0 Å². The number of hydrogen-bond donors (Lipinski definition) is 1. The first-order valence-electron chi connectivity index (χ1n) is 11.2. The lowest BCUT2D eigenvalue weighted by molar-refractivity contribution is -0.151. The maximum atomic E-state index is 14.2. The summed E-state index contributed by atoms with van der Waals surface area (Å²) in [6.45, 7) is -0.522. The highest BCUT2D eigenvalue weighted by atomic mass is 19.4. The van der Waals surface area contributed by atoms with Crippen LogP contribution in [0.15, 0.2) is 35.1 Å². The molecule has 0 spiro atoms. The van der Waals surface area contributed by atoms with E-state index in [0.29, 0.717) is 22.0 Å². The highest BCUT2D eigenvalue weighted by Gasteiger charge is 2.49. The Morgan fingerprint density at radius 2 is 1.70 bits per heavy atom. The molecular weight excluding hydrogens is 500 g/mol. The number of benzene rings is 2. The second-order valence-corrected chi connectivity index (χ2v) is 9.14. The maximum absolute atomic E-state index is 14.2. The summed E-state index contributed by atoms with van der Waals surface area (Å²) < 4.78 is 57.6. The monoisotopic (exact) mass is 520 g/mol. The number of carboxylic acids is 1. The zero-order valence-electron chi connectivity index (χ0n) is 19.5. The number of hydrogen-bond acceptors (Lipinski definition) is 4. The fourth-order valence-electron chi connectivity index (χ4n) is 5.27. The van der Waals surface area contributed by atoms with Crippen molar-refractivity contribution in [3.05, 3.63) is 63.3 Å². The highest BCUT2D eigenvalue weighted by Crippen LogP contribution is 2.45. The van der Waals surface area contributed by atoms with Crippen molar-refractivity contribution < 1.29 is 37.1 Å². The van der Waals surface area contributed by atoms with Crippen LogP contribution < -0.4 is 10.6 Å². The molecule has 1 aromatic heterocycles. The van der Waals surface area contributed by atoms with Gasteiger partial charge in [0.25, 0.3) is 0 Å². The number of aliphatic carboxylic acids is 1. The van der Waals surface area contributed by atoms with E-state index in [9.17, 15) is 41.8 Å². The molecule has 37 heavy (non-hydrogen) atoms. The number of carbonyl (C=O) groups is 3. The lowest BCUT2D eigenvalue weighted by Crippen LogP contribution is -2.59. The smallest absolute Gasteiger partial charge is 0.416 e. The van der Waals surface area contributed by atoms with Gasteiger partial charge in [-0.15, -0.1) is 0 Å². The van der Waals surface area contributed by atoms with Gasteiger partial charge in [-0.2, -0.15) is 13.2 Å². The van der Waals surface area contributed by atoms with E-state index in [1.165, 1.54) is 28.3 Å². The lowest BCUT2D eigenvalue weighted by Gasteiger charge is -2.40. The third-order valence-corrected chi connectivity index (χ3v) is 7.10. The fraction of sp³-hybridized carbons (Fsp3) is 0.333. The number of alkyl halides is 3. The average molecular weight is 520 g/mol. The van der Waals surface area contributed by atoms with Crippen molar-refractivity contribution in [1.82, 2.24) is 14.0 Å². The average Bonchev–Trinajstić information content (AvgIpc) is 3.32. The molecule has 1 aliphatic heterocycles. The summed E-state index contributed by atoms with van der Waals surface area (Å²) >= 11 is 0. The Balaban J connectivity index is 1.62. The van der Waals surface area contributed by atoms with Gasteiger partial charge in [-0.3, -0.25) is 28.5 Å². The molecule has 194 valence electrons. The number of aromatic nitrogens is 2. The Kier molecular flexibility index (Phi) is 5.42. The van der Waals surface area contributed by atoms with Crippen molar-refractivity contribution in [1.29, 1.82) is 0 Å². The molecule has 0 bridgehead atoms. The molecule has 9 nitrogen and oxygen atoms in total. The Morgan fingerprint density at radius 1 is 1.03 bits per heavy atom. The summed E-state index contributed by atoms with van der Waals surface area (Å²) in [6, 6.07) is 3.53. The van der Waals surface area contributed by atoms with E-state index in [2.05, 4.69) is 0 Å². The van der Waals surface area contributed by atoms with Gasteiger partial charge in [0.15, 0.2) is 5.92 Å². The third kappa shape index (κ3) is 3.67. The Labute approximate surface area is 206 Å². The molecule has 2 aliphatic rings. The minimum atomic E-state index is -4.85. The van der Waals surface area contributed by atoms with E-state index < -0.39 is 54.0 Å². The quantitative estimate of drug-likeness (QED) is 0.422. The highest BCUT2D eigenvalue weighted by molar-refractivity contribution is 6.13. The van der Waals surface area contributed by atoms with Crippen LogP contribution in [0.1, 0.15) is 29.2 Å². The van der Waals surface area contributed by atoms with Gasteiger partial charge in [0, 0.05) is 26.3 Å². The number of urea groups is 1. The summed E-state index contributed by atoms with van der Waals surface area (Å²) in [4.78, 5) is 52.7. The number of imide groups is 1. The molecule has 5 rings (SSSR count). The van der Waals surface area contributed by atoms with Crippen LogP contribution in [0.2, 0.25) is 0 Å². The van der Waals surface area contributed by atoms with Crippen molar-refractivity contribution in [3.8, 4) is 0 Å². The second-order valence-electron chi connectivity index (χ2n) is 9.14. The minimum Gasteiger partial charge on any atom is -0.481 e. The third-order valence-electron chi connectivity index (χ3n) is 7.10. The number of rotatable bonds is 3. The maximum Gasteiger partial charge on any atom is 0.416 e. The number of carboxylic acid groups (broad SMARTS) is 1. The van der Waals surface area contributed by atoms with E-state index in [0.717, 1.165) is 11.0 Å². The molecule has 1 fully saturated rings. The van der Waals surface area contributed by atoms with E-state index in [1.54, 1.807) is 13.1 Å². The van der Waals surface area contributed by atoms with Crippen molar-refractivity contribution in [2.24, 2.45) is 20.0 Å². The van der Waals surface area contributed by atoms with E-state index >= 15 is 0 Å². The molecule has 2 heterocycles. The first kappa shape index (κ1) is 24.5. The van der Waals surface area contributed by atoms with E-state index in [-0.39, 0.29) is 35.3 Å². The normalized spacial score (nSPS) is 20.2. The molecule has 0 radical (unpaired) electrons. The van der Waals surface area contributed by atoms with Gasteiger partial charge in [0.2, 0.25) is 5.91 Å². The molecule has 1 aliphatic carbocycles. The van der Waals surface area contributed by atoms with Gasteiger partial charge < -0.3 is 5.11 Å². The number of amides is 3. The zero-order chi connectivity index (χ0) is 27.0. The summed E-state index contributed by atoms with van der Waals surface area (Å²) in [5, 5.41) is 9.72. The van der Waals surface area contributed by atoms with Gasteiger partial charge in [0.1, 0.15) is 5.82 Å². The lowest BCUT2D eigenvalue weighted by atomic mass is 9.98. The van der Waals surface area contributed by atoms with Crippen LogP contribution >= 0.6 is 0 Å². The van der Waals surface area contributed by atoms with Gasteiger partial charge in [-0.05, 0) is 54.3 Å². The Morgan fingerprint density at radius 3 is 2.35 bits per heavy atom. The molecule has 3 aromatic rings. The summed E-state index contributed by atoms with van der Waals surface area (Å²) in [5.41, 5.74) is -0.757. The van der Waals surface area contributed by atoms with Crippen molar-refractivity contribution >= 4 is 34.6 Å². The molecule has 1 saturated heterocycles. The SMILES string of the molecule is Cn1c(=O)n(C)c2cc(N3CC(C(=O)O)C(=O)N(C4CCc5c4cc(F)cc5C(F)(F)F)C3=O)ccc21. The molecule has 2 unspecified atom stereocenters. The second kappa shape index (κ2) is 8.18. The van der Waals surface area contributed by atoms with Gasteiger partial charge >= 0.3 is 23.9 Å². The van der Waals surface area contributed by atoms with Crippen LogP contribution in [0, 0.1) is 11.7 Å². The number of anilines is 1. The number of fused-ring (bicyclic) bond motifs is 2. The van der Waals surface area contributed by atoms with E-state index in [1.807, 2.05) is 0 Å². The fourth-order valence-corrected chi connectivity index (χ4v) is 5.27. The molecule has 2 aromatic carbocycles. The van der Waals surface area contributed by atoms with Crippen LogP contribution in [0.3, 0.4) is 0 Å². The van der Waals surface area contributed by atoms with Crippen LogP contribution in [0.5, 0.6) is 0 Å². The molecule has 1 N–H and O–H groups in total. The van der Waals surface area contributed by atoms with Crippen molar-refractivity contribution in [2.45, 2.75) is 25.1 Å². The van der Waals surface area contributed by atoms with Gasteiger partial charge in [0.05, 0.1) is 22.6 Å². The Bertz CT molecular complexity index is 1560. The predicted octanol–water partition coefficient (Wildman–Crippen LogP) is 3.19. The first-order chi connectivity index (χ1) is 17.3. The predicted molar refractivity (Wildman–Crippen MR) is 121 cm³/mol. The standard InChI is InChI=1S/C24H20F4N4O5/c1-29-18-5-3-12(9-19(18)30(2)22(29)36)31-10-15(21(34)35)20(33)32(23(31)37)17-6-4-13-14(17)7-11(25)8-16(13)24(26,27)28/h3,5,7-9,15,17H,4,6,10H2,1-2H3,(H,34,35).